The predicted molar refractivity (Wildman–Crippen MR) is 82.0 cm³/mol. The second-order valence-electron chi connectivity index (χ2n) is 4.93. The van der Waals surface area contributed by atoms with Gasteiger partial charge in [0.15, 0.2) is 0 Å². The first kappa shape index (κ1) is 17.4. The van der Waals surface area contributed by atoms with Crippen molar-refractivity contribution >= 4 is 5.91 Å². The molecular weight excluding hydrogens is 271 g/mol. The molecule has 0 spiro atoms. The summed E-state index contributed by atoms with van der Waals surface area (Å²) in [5, 5.41) is 9.70. The molecule has 0 heterocycles. The SMILES string of the molecule is CCN(CC)CCCN(CC)C(=O)c1ccc(F)cc1O. The molecule has 21 heavy (non-hydrogen) atoms. The lowest BCUT2D eigenvalue weighted by Crippen LogP contribution is -2.34. The molecule has 4 nitrogen and oxygen atoms in total. The first-order chi connectivity index (χ1) is 10.0. The van der Waals surface area contributed by atoms with E-state index in [4.69, 9.17) is 0 Å². The number of aromatic hydroxyl groups is 1. The van der Waals surface area contributed by atoms with E-state index in [0.717, 1.165) is 32.1 Å². The summed E-state index contributed by atoms with van der Waals surface area (Å²) in [4.78, 5) is 16.3. The van der Waals surface area contributed by atoms with Crippen molar-refractivity contribution in [3.8, 4) is 5.75 Å². The molecule has 118 valence electrons. The molecule has 0 saturated heterocycles. The molecule has 0 aliphatic heterocycles. The summed E-state index contributed by atoms with van der Waals surface area (Å²) in [6.45, 7) is 10.2. The number of benzene rings is 1. The molecule has 1 N–H and O–H groups in total. The van der Waals surface area contributed by atoms with E-state index in [1.807, 2.05) is 6.92 Å². The van der Waals surface area contributed by atoms with Gasteiger partial charge in [0.2, 0.25) is 0 Å². The quantitative estimate of drug-likeness (QED) is 0.802. The van der Waals surface area contributed by atoms with Crippen molar-refractivity contribution in [2.45, 2.75) is 27.2 Å². The first-order valence-corrected chi connectivity index (χ1v) is 7.53. The predicted octanol–water partition coefficient (Wildman–Crippen LogP) is 2.73. The number of amides is 1. The van der Waals surface area contributed by atoms with Crippen LogP contribution in [0.5, 0.6) is 5.75 Å². The van der Waals surface area contributed by atoms with Crippen molar-refractivity contribution in [1.82, 2.24) is 9.80 Å². The van der Waals surface area contributed by atoms with Gasteiger partial charge in [-0.15, -0.1) is 0 Å². The van der Waals surface area contributed by atoms with E-state index in [0.29, 0.717) is 13.1 Å². The van der Waals surface area contributed by atoms with Gasteiger partial charge in [0.25, 0.3) is 5.91 Å². The van der Waals surface area contributed by atoms with Crippen LogP contribution in [0.25, 0.3) is 0 Å². The van der Waals surface area contributed by atoms with Crippen LogP contribution in [-0.2, 0) is 0 Å². The van der Waals surface area contributed by atoms with E-state index in [1.165, 1.54) is 12.1 Å². The number of rotatable bonds is 8. The number of hydrogen-bond donors (Lipinski definition) is 1. The molecule has 0 bridgehead atoms. The minimum atomic E-state index is -0.548. The van der Waals surface area contributed by atoms with E-state index in [1.54, 1.807) is 4.90 Å². The van der Waals surface area contributed by atoms with Gasteiger partial charge in [0.05, 0.1) is 5.56 Å². The van der Waals surface area contributed by atoms with Gasteiger partial charge < -0.3 is 14.9 Å². The van der Waals surface area contributed by atoms with Crippen LogP contribution in [0, 0.1) is 5.82 Å². The Hall–Kier alpha value is -1.62. The van der Waals surface area contributed by atoms with Crippen LogP contribution in [0.3, 0.4) is 0 Å². The summed E-state index contributed by atoms with van der Waals surface area (Å²) in [6, 6.07) is 3.49. The fourth-order valence-electron chi connectivity index (χ4n) is 2.28. The Labute approximate surface area is 126 Å². The average molecular weight is 296 g/mol. The summed E-state index contributed by atoms with van der Waals surface area (Å²) in [7, 11) is 0. The zero-order valence-electron chi connectivity index (χ0n) is 13.1. The molecule has 0 aliphatic carbocycles. The molecule has 0 fully saturated rings. The van der Waals surface area contributed by atoms with Gasteiger partial charge in [-0.1, -0.05) is 13.8 Å². The third-order valence-corrected chi connectivity index (χ3v) is 3.66. The third-order valence-electron chi connectivity index (χ3n) is 3.66. The topological polar surface area (TPSA) is 43.8 Å². The Bertz CT molecular complexity index is 462. The molecule has 1 rings (SSSR count). The molecule has 5 heteroatoms. The summed E-state index contributed by atoms with van der Waals surface area (Å²) in [6.07, 6.45) is 0.878. The number of nitrogens with zero attached hydrogens (tertiary/aromatic N) is 2. The summed E-state index contributed by atoms with van der Waals surface area (Å²) < 4.78 is 13.0. The Balaban J connectivity index is 2.64. The van der Waals surface area contributed by atoms with Gasteiger partial charge in [-0.2, -0.15) is 0 Å². The second-order valence-corrected chi connectivity index (χ2v) is 4.93. The summed E-state index contributed by atoms with van der Waals surface area (Å²) in [5.41, 5.74) is 0.154. The molecule has 0 radical (unpaired) electrons. The number of carbonyl (C=O) groups is 1. The second kappa shape index (κ2) is 8.62. The van der Waals surface area contributed by atoms with Crippen LogP contribution < -0.4 is 0 Å². The Kier molecular flexibility index (Phi) is 7.15. The van der Waals surface area contributed by atoms with Gasteiger partial charge >= 0.3 is 0 Å². The number of hydrogen-bond acceptors (Lipinski definition) is 3. The average Bonchev–Trinajstić information content (AvgIpc) is 2.47. The maximum Gasteiger partial charge on any atom is 0.257 e. The van der Waals surface area contributed by atoms with E-state index >= 15 is 0 Å². The summed E-state index contributed by atoms with van der Waals surface area (Å²) in [5.74, 6) is -1.11. The molecule has 0 unspecified atom stereocenters. The zero-order chi connectivity index (χ0) is 15.8. The van der Waals surface area contributed by atoms with Gasteiger partial charge in [0.1, 0.15) is 11.6 Å². The molecule has 0 atom stereocenters. The lowest BCUT2D eigenvalue weighted by molar-refractivity contribution is 0.0754. The molecule has 0 aromatic heterocycles. The minimum absolute atomic E-state index is 0.154. The van der Waals surface area contributed by atoms with E-state index in [9.17, 15) is 14.3 Å². The minimum Gasteiger partial charge on any atom is -0.507 e. The monoisotopic (exact) mass is 296 g/mol. The van der Waals surface area contributed by atoms with Crippen molar-refractivity contribution in [3.05, 3.63) is 29.6 Å². The number of carbonyl (C=O) groups excluding carboxylic acids is 1. The van der Waals surface area contributed by atoms with Gasteiger partial charge in [0, 0.05) is 19.2 Å². The summed E-state index contributed by atoms with van der Waals surface area (Å²) >= 11 is 0. The third kappa shape index (κ3) is 5.01. The van der Waals surface area contributed by atoms with E-state index < -0.39 is 5.82 Å². The van der Waals surface area contributed by atoms with Crippen molar-refractivity contribution in [2.24, 2.45) is 0 Å². The molecule has 0 saturated carbocycles. The van der Waals surface area contributed by atoms with Crippen molar-refractivity contribution in [2.75, 3.05) is 32.7 Å². The van der Waals surface area contributed by atoms with Gasteiger partial charge in [-0.05, 0) is 45.1 Å². The standard InChI is InChI=1S/C16H25FN2O2/c1-4-18(5-2)10-7-11-19(6-3)16(21)14-9-8-13(17)12-15(14)20/h8-9,12,20H,4-7,10-11H2,1-3H3. The largest absolute Gasteiger partial charge is 0.507 e. The van der Waals surface area contributed by atoms with Gasteiger partial charge in [-0.25, -0.2) is 4.39 Å². The molecular formula is C16H25FN2O2. The van der Waals surface area contributed by atoms with Crippen LogP contribution >= 0.6 is 0 Å². The Morgan fingerprint density at radius 1 is 1.14 bits per heavy atom. The maximum atomic E-state index is 13.0. The van der Waals surface area contributed by atoms with Crippen LogP contribution in [0.1, 0.15) is 37.6 Å². The molecule has 1 aromatic rings. The molecule has 0 aliphatic rings. The van der Waals surface area contributed by atoms with Crippen molar-refractivity contribution < 1.29 is 14.3 Å². The van der Waals surface area contributed by atoms with Crippen molar-refractivity contribution in [1.29, 1.82) is 0 Å². The highest BCUT2D eigenvalue weighted by molar-refractivity contribution is 5.96. The normalized spacial score (nSPS) is 10.9. The molecule has 1 amide bonds. The number of halogens is 1. The first-order valence-electron chi connectivity index (χ1n) is 7.53. The van der Waals surface area contributed by atoms with E-state index in [2.05, 4.69) is 18.7 Å². The van der Waals surface area contributed by atoms with Gasteiger partial charge in [-0.3, -0.25) is 4.79 Å². The Morgan fingerprint density at radius 3 is 2.33 bits per heavy atom. The number of phenols is 1. The Morgan fingerprint density at radius 2 is 1.81 bits per heavy atom. The number of phenolic OH excluding ortho intramolecular Hbond substituents is 1. The van der Waals surface area contributed by atoms with Crippen LogP contribution in [0.4, 0.5) is 4.39 Å². The lowest BCUT2D eigenvalue weighted by atomic mass is 10.1. The van der Waals surface area contributed by atoms with Crippen LogP contribution in [-0.4, -0.2) is 53.5 Å². The highest BCUT2D eigenvalue weighted by atomic mass is 19.1. The molecule has 1 aromatic carbocycles. The van der Waals surface area contributed by atoms with Crippen LogP contribution in [0.15, 0.2) is 18.2 Å². The van der Waals surface area contributed by atoms with Crippen molar-refractivity contribution in [3.63, 3.8) is 0 Å². The smallest absolute Gasteiger partial charge is 0.257 e. The highest BCUT2D eigenvalue weighted by Crippen LogP contribution is 2.20. The zero-order valence-corrected chi connectivity index (χ0v) is 13.1. The lowest BCUT2D eigenvalue weighted by Gasteiger charge is -2.24. The maximum absolute atomic E-state index is 13.0. The van der Waals surface area contributed by atoms with E-state index in [-0.39, 0.29) is 17.2 Å². The fraction of sp³-hybridized carbons (Fsp3) is 0.562. The highest BCUT2D eigenvalue weighted by Gasteiger charge is 2.18. The van der Waals surface area contributed by atoms with Crippen LogP contribution in [0.2, 0.25) is 0 Å². The fourth-order valence-corrected chi connectivity index (χ4v) is 2.28.